The van der Waals surface area contributed by atoms with Gasteiger partial charge in [0, 0.05) is 13.1 Å². The highest BCUT2D eigenvalue weighted by Crippen LogP contribution is 2.39. The lowest BCUT2D eigenvalue weighted by atomic mass is 9.96. The smallest absolute Gasteiger partial charge is 0.200 e. The number of hydrogen-bond donors (Lipinski definition) is 0. The number of nitrogens with zero attached hydrogens (tertiary/aromatic N) is 1. The summed E-state index contributed by atoms with van der Waals surface area (Å²) in [6.45, 7) is 31.1. The van der Waals surface area contributed by atoms with Gasteiger partial charge in [0.15, 0.2) is 39.1 Å². The lowest BCUT2D eigenvalue weighted by Crippen LogP contribution is -2.72. The number of rotatable bonds is 10. The molecule has 2 heterocycles. The number of hydrogen-bond acceptors (Lipinski definition) is 7. The third-order valence-electron chi connectivity index (χ3n) is 5.09. The third kappa shape index (κ3) is 10.2. The molecule has 0 spiro atoms. The highest BCUT2D eigenvalue weighted by Gasteiger charge is 2.58. The van der Waals surface area contributed by atoms with Crippen LogP contribution in [0.1, 0.15) is 0 Å². The number of morpholine rings is 1. The van der Waals surface area contributed by atoms with Crippen molar-refractivity contribution in [3.05, 3.63) is 0 Å². The average Bonchev–Trinajstić information content (AvgIpc) is 2.57. The summed E-state index contributed by atoms with van der Waals surface area (Å²) in [7, 11) is -7.72. The van der Waals surface area contributed by atoms with Gasteiger partial charge in [0.2, 0.25) is 0 Å². The maximum absolute atomic E-state index is 6.97. The van der Waals surface area contributed by atoms with Crippen molar-refractivity contribution in [2.24, 2.45) is 0 Å². The van der Waals surface area contributed by atoms with Crippen molar-refractivity contribution >= 4 is 33.3 Å². The van der Waals surface area contributed by atoms with Crippen LogP contribution in [-0.4, -0.2) is 102 Å². The topological polar surface area (TPSA) is 58.6 Å². The van der Waals surface area contributed by atoms with Gasteiger partial charge in [-0.25, -0.2) is 0 Å². The fourth-order valence-electron chi connectivity index (χ4n) is 4.33. The molecule has 0 aromatic rings. The van der Waals surface area contributed by atoms with Crippen LogP contribution in [0.4, 0.5) is 0 Å². The molecule has 33 heavy (non-hydrogen) atoms. The molecule has 0 bridgehead atoms. The minimum atomic E-state index is -2.00. The zero-order chi connectivity index (χ0) is 25.3. The summed E-state index contributed by atoms with van der Waals surface area (Å²) in [5.74, 6) is -0.883. The molecule has 0 aromatic carbocycles. The van der Waals surface area contributed by atoms with Crippen molar-refractivity contribution in [1.29, 1.82) is 0 Å². The zero-order valence-corrected chi connectivity index (χ0v) is 27.4. The molecule has 0 radical (unpaired) electrons. The molecule has 4 atom stereocenters. The molecule has 7 nitrogen and oxygen atoms in total. The molecule has 2 aliphatic heterocycles. The molecule has 2 saturated heterocycles. The quantitative estimate of drug-likeness (QED) is 0.379. The van der Waals surface area contributed by atoms with E-state index < -0.39 is 39.1 Å². The SMILES string of the molecule is C[Si](C)(C)O[C@@H]1[C@H](O[Si](C)(C)C)CO[C@@](CN2CCOCC2)(O[Si](C)(C)C)[C@H]1O[Si](C)(C)C. The van der Waals surface area contributed by atoms with E-state index in [-0.39, 0.29) is 18.3 Å². The maximum Gasteiger partial charge on any atom is 0.200 e. The van der Waals surface area contributed by atoms with Gasteiger partial charge in [-0.3, -0.25) is 4.90 Å². The van der Waals surface area contributed by atoms with Crippen LogP contribution < -0.4 is 0 Å². The molecule has 0 aliphatic carbocycles. The van der Waals surface area contributed by atoms with Gasteiger partial charge in [0.25, 0.3) is 0 Å². The molecular weight excluding hydrogens is 487 g/mol. The third-order valence-corrected chi connectivity index (χ3v) is 9.00. The Balaban J connectivity index is 2.55. The highest BCUT2D eigenvalue weighted by molar-refractivity contribution is 6.71. The summed E-state index contributed by atoms with van der Waals surface area (Å²) in [5, 5.41) is 0. The second-order valence-electron chi connectivity index (χ2n) is 13.3. The monoisotopic (exact) mass is 537 g/mol. The molecule has 0 unspecified atom stereocenters. The summed E-state index contributed by atoms with van der Waals surface area (Å²) >= 11 is 0. The molecule has 2 fully saturated rings. The Hall–Kier alpha value is 0.588. The van der Waals surface area contributed by atoms with Crippen LogP contribution in [0.5, 0.6) is 0 Å². The molecular formula is C22H51NO6Si4. The van der Waals surface area contributed by atoms with Gasteiger partial charge >= 0.3 is 0 Å². The number of ether oxygens (including phenoxy) is 2. The van der Waals surface area contributed by atoms with E-state index in [9.17, 15) is 0 Å². The summed E-state index contributed by atoms with van der Waals surface area (Å²) in [6.07, 6.45) is -0.727. The van der Waals surface area contributed by atoms with E-state index in [1.54, 1.807) is 0 Å². The van der Waals surface area contributed by atoms with E-state index >= 15 is 0 Å². The normalized spacial score (nSPS) is 31.1. The van der Waals surface area contributed by atoms with Crippen LogP contribution in [0.25, 0.3) is 0 Å². The van der Waals surface area contributed by atoms with E-state index in [4.69, 9.17) is 27.2 Å². The fraction of sp³-hybridized carbons (Fsp3) is 1.00. The van der Waals surface area contributed by atoms with E-state index in [1.807, 2.05) is 0 Å². The Bertz CT molecular complexity index is 622. The van der Waals surface area contributed by atoms with Crippen LogP contribution >= 0.6 is 0 Å². The van der Waals surface area contributed by atoms with Gasteiger partial charge in [-0.15, -0.1) is 0 Å². The van der Waals surface area contributed by atoms with E-state index in [0.717, 1.165) is 26.3 Å². The summed E-state index contributed by atoms with van der Waals surface area (Å²) in [6, 6.07) is 0. The van der Waals surface area contributed by atoms with Crippen molar-refractivity contribution < 1.29 is 27.2 Å². The van der Waals surface area contributed by atoms with Crippen LogP contribution in [0.3, 0.4) is 0 Å². The van der Waals surface area contributed by atoms with Gasteiger partial charge < -0.3 is 27.2 Å². The first-order chi connectivity index (χ1) is 14.8. The molecule has 0 saturated carbocycles. The molecule has 2 rings (SSSR count). The molecule has 11 heteroatoms. The first-order valence-corrected chi connectivity index (χ1v) is 26.1. The molecule has 0 amide bonds. The predicted octanol–water partition coefficient (Wildman–Crippen LogP) is 4.56. The van der Waals surface area contributed by atoms with Crippen molar-refractivity contribution in [2.45, 2.75) is 103 Å². The van der Waals surface area contributed by atoms with Gasteiger partial charge in [-0.05, 0) is 78.6 Å². The second kappa shape index (κ2) is 10.9. The lowest BCUT2D eigenvalue weighted by Gasteiger charge is -2.55. The predicted molar refractivity (Wildman–Crippen MR) is 145 cm³/mol. The Morgan fingerprint density at radius 1 is 0.727 bits per heavy atom. The Morgan fingerprint density at radius 3 is 1.70 bits per heavy atom. The standard InChI is InChI=1S/C22H51NO6Si4/c1-30(2,3)26-19-17-25-22(29-33(10,11)12,18-23-13-15-24-16-14-23)21(28-32(7,8)9)20(19)27-31(4,5)6/h19-21H,13-18H2,1-12H3/t19-,20-,21+,22+/m1/s1. The lowest BCUT2D eigenvalue weighted by molar-refractivity contribution is -0.308. The average molecular weight is 538 g/mol. The summed E-state index contributed by atoms with van der Waals surface area (Å²) < 4.78 is 39.9. The first-order valence-electron chi connectivity index (χ1n) is 12.5. The zero-order valence-electron chi connectivity index (χ0n) is 23.4. The first kappa shape index (κ1) is 29.8. The van der Waals surface area contributed by atoms with Gasteiger partial charge in [-0.1, -0.05) is 0 Å². The largest absolute Gasteiger partial charge is 0.410 e. The minimum Gasteiger partial charge on any atom is -0.410 e. The van der Waals surface area contributed by atoms with Crippen molar-refractivity contribution in [3.63, 3.8) is 0 Å². The molecule has 2 aliphatic rings. The van der Waals surface area contributed by atoms with Crippen LogP contribution in [0.15, 0.2) is 0 Å². The van der Waals surface area contributed by atoms with Crippen LogP contribution in [0.2, 0.25) is 78.6 Å². The minimum absolute atomic E-state index is 0.159. The fourth-order valence-corrected chi connectivity index (χ4v) is 8.88. The highest BCUT2D eigenvalue weighted by atomic mass is 28.4. The molecule has 0 N–H and O–H groups in total. The van der Waals surface area contributed by atoms with Crippen molar-refractivity contribution in [2.75, 3.05) is 39.5 Å². The van der Waals surface area contributed by atoms with Gasteiger partial charge in [-0.2, -0.15) is 0 Å². The van der Waals surface area contributed by atoms with Crippen LogP contribution in [0, 0.1) is 0 Å². The maximum atomic E-state index is 6.97. The second-order valence-corrected chi connectivity index (χ2v) is 31.2. The Morgan fingerprint density at radius 2 is 1.24 bits per heavy atom. The Labute approximate surface area is 207 Å². The molecule has 0 aromatic heterocycles. The Kier molecular flexibility index (Phi) is 9.86. The van der Waals surface area contributed by atoms with Gasteiger partial charge in [0.1, 0.15) is 12.2 Å². The van der Waals surface area contributed by atoms with E-state index in [0.29, 0.717) is 13.2 Å². The molecule has 196 valence electrons. The summed E-state index contributed by atoms with van der Waals surface area (Å²) in [4.78, 5) is 2.40. The van der Waals surface area contributed by atoms with Crippen LogP contribution in [-0.2, 0) is 27.2 Å². The van der Waals surface area contributed by atoms with E-state index in [1.165, 1.54) is 0 Å². The van der Waals surface area contributed by atoms with Crippen molar-refractivity contribution in [3.8, 4) is 0 Å². The van der Waals surface area contributed by atoms with Crippen molar-refractivity contribution in [1.82, 2.24) is 4.90 Å². The van der Waals surface area contributed by atoms with Gasteiger partial charge in [0.05, 0.1) is 32.5 Å². The van der Waals surface area contributed by atoms with E-state index in [2.05, 4.69) is 83.5 Å². The summed E-state index contributed by atoms with van der Waals surface area (Å²) in [5.41, 5.74) is 0.